The van der Waals surface area contributed by atoms with E-state index in [9.17, 15) is 25.5 Å². The molecule has 9 atom stereocenters. The molecule has 0 amide bonds. The summed E-state index contributed by atoms with van der Waals surface area (Å²) in [7, 11) is 0. The highest BCUT2D eigenvalue weighted by Crippen LogP contribution is 2.55. The predicted molar refractivity (Wildman–Crippen MR) is 102 cm³/mol. The zero-order valence-corrected chi connectivity index (χ0v) is 17.3. The van der Waals surface area contributed by atoms with Crippen molar-refractivity contribution in [2.45, 2.75) is 95.8 Å². The van der Waals surface area contributed by atoms with E-state index in [0.717, 1.165) is 12.8 Å². The third kappa shape index (κ3) is 3.78. The van der Waals surface area contributed by atoms with Crippen LogP contribution in [-0.2, 0) is 9.47 Å². The first-order valence-corrected chi connectivity index (χ1v) is 10.4. The molecule has 5 N–H and O–H groups in total. The second-order valence-electron chi connectivity index (χ2n) is 9.60. The quantitative estimate of drug-likeness (QED) is 0.441. The minimum Gasteiger partial charge on any atom is -0.394 e. The zero-order chi connectivity index (χ0) is 20.9. The minimum atomic E-state index is -1.45. The number of hydrogen-bond donors (Lipinski definition) is 5. The van der Waals surface area contributed by atoms with E-state index in [-0.39, 0.29) is 17.4 Å². The molecule has 2 fully saturated rings. The Morgan fingerprint density at radius 1 is 1.14 bits per heavy atom. The van der Waals surface area contributed by atoms with E-state index < -0.39 is 42.9 Å². The molecule has 0 aromatic rings. The van der Waals surface area contributed by atoms with Gasteiger partial charge < -0.3 is 35.0 Å². The molecule has 162 valence electrons. The van der Waals surface area contributed by atoms with Crippen LogP contribution in [0.4, 0.5) is 0 Å². The van der Waals surface area contributed by atoms with Crippen LogP contribution in [0.1, 0.15) is 53.4 Å². The van der Waals surface area contributed by atoms with Crippen LogP contribution < -0.4 is 0 Å². The number of fused-ring (bicyclic) bond motifs is 1. The number of aliphatic hydroxyl groups excluding tert-OH is 4. The molecule has 0 aromatic carbocycles. The second-order valence-corrected chi connectivity index (χ2v) is 9.60. The summed E-state index contributed by atoms with van der Waals surface area (Å²) in [4.78, 5) is 0. The highest BCUT2D eigenvalue weighted by molar-refractivity contribution is 5.21. The lowest BCUT2D eigenvalue weighted by Crippen LogP contribution is -2.62. The summed E-state index contributed by atoms with van der Waals surface area (Å²) in [6, 6.07) is 0. The van der Waals surface area contributed by atoms with Crippen molar-refractivity contribution in [3.63, 3.8) is 0 Å². The number of ether oxygens (including phenoxy) is 2. The minimum absolute atomic E-state index is 0.0882. The van der Waals surface area contributed by atoms with Crippen molar-refractivity contribution >= 4 is 0 Å². The Morgan fingerprint density at radius 2 is 1.82 bits per heavy atom. The first-order valence-electron chi connectivity index (χ1n) is 10.4. The Kier molecular flexibility index (Phi) is 6.29. The molecule has 1 aliphatic heterocycles. The molecule has 0 bridgehead atoms. The average molecular weight is 401 g/mol. The van der Waals surface area contributed by atoms with Crippen LogP contribution in [0.25, 0.3) is 0 Å². The predicted octanol–water partition coefficient (Wildman–Crippen LogP) is 0.715. The molecule has 7 nitrogen and oxygen atoms in total. The van der Waals surface area contributed by atoms with Gasteiger partial charge in [-0.05, 0) is 38.5 Å². The summed E-state index contributed by atoms with van der Waals surface area (Å²) in [6.07, 6.45) is -1.55. The van der Waals surface area contributed by atoms with Gasteiger partial charge in [-0.2, -0.15) is 0 Å². The highest BCUT2D eigenvalue weighted by atomic mass is 16.7. The van der Waals surface area contributed by atoms with Crippen molar-refractivity contribution in [1.29, 1.82) is 0 Å². The Labute approximate surface area is 167 Å². The maximum atomic E-state index is 11.1. The van der Waals surface area contributed by atoms with Gasteiger partial charge in [0.1, 0.15) is 24.4 Å². The molecule has 0 spiro atoms. The largest absolute Gasteiger partial charge is 0.394 e. The molecule has 1 saturated carbocycles. The maximum Gasteiger partial charge on any atom is 0.186 e. The number of rotatable bonds is 4. The van der Waals surface area contributed by atoms with Gasteiger partial charge in [-0.25, -0.2) is 0 Å². The first kappa shape index (κ1) is 22.2. The molecule has 3 rings (SSSR count). The van der Waals surface area contributed by atoms with Gasteiger partial charge in [0, 0.05) is 11.3 Å². The number of hydrogen-bond acceptors (Lipinski definition) is 7. The topological polar surface area (TPSA) is 120 Å². The van der Waals surface area contributed by atoms with Crippen LogP contribution >= 0.6 is 0 Å². The van der Waals surface area contributed by atoms with Crippen molar-refractivity contribution in [1.82, 2.24) is 0 Å². The number of allylic oxidation sites excluding steroid dienone is 1. The van der Waals surface area contributed by atoms with E-state index in [1.54, 1.807) is 0 Å². The van der Waals surface area contributed by atoms with Crippen LogP contribution in [0.3, 0.4) is 0 Å². The van der Waals surface area contributed by atoms with Crippen molar-refractivity contribution in [3.05, 3.63) is 11.6 Å². The first-order chi connectivity index (χ1) is 13.0. The van der Waals surface area contributed by atoms with E-state index in [0.29, 0.717) is 18.8 Å². The summed E-state index contributed by atoms with van der Waals surface area (Å²) in [6.45, 7) is 7.82. The molecule has 28 heavy (non-hydrogen) atoms. The van der Waals surface area contributed by atoms with Gasteiger partial charge in [0.25, 0.3) is 0 Å². The van der Waals surface area contributed by atoms with Crippen LogP contribution in [0.5, 0.6) is 0 Å². The standard InChI is InChI=1S/C21H36O7/c1-11(2)12-5-7-20(3)14(9-12)21(4,26)8-6-15(20)28-19-18(25)17(24)16(23)13(10-22)27-19/h9,11,13-19,22-26H,5-8,10H2,1-4H3/t13-,14-,15-,16-,17+,18-,19+,20-,21+/m1/s1. The van der Waals surface area contributed by atoms with E-state index in [2.05, 4.69) is 26.8 Å². The third-order valence-corrected chi connectivity index (χ3v) is 7.25. The lowest BCUT2D eigenvalue weighted by atomic mass is 9.54. The normalized spacial score (nSPS) is 49.6. The Balaban J connectivity index is 1.83. The Bertz CT molecular complexity index is 587. The van der Waals surface area contributed by atoms with Crippen molar-refractivity contribution in [2.75, 3.05) is 6.61 Å². The fourth-order valence-electron chi connectivity index (χ4n) is 5.26. The molecule has 1 heterocycles. The van der Waals surface area contributed by atoms with Gasteiger partial charge in [0.05, 0.1) is 18.3 Å². The SMILES string of the molecule is CC(C)C1=C[C@@H]2[C@@](C)(CC1)[C@H](O[C@@H]1O[C@H](CO)[C@@H](O)[C@H](O)[C@H]1O)CC[C@]2(C)O. The van der Waals surface area contributed by atoms with Crippen molar-refractivity contribution in [2.24, 2.45) is 17.3 Å². The van der Waals surface area contributed by atoms with E-state index >= 15 is 0 Å². The molecular formula is C21H36O7. The van der Waals surface area contributed by atoms with E-state index in [1.165, 1.54) is 5.57 Å². The number of aliphatic hydroxyl groups is 5. The van der Waals surface area contributed by atoms with Crippen LogP contribution in [0.15, 0.2) is 11.6 Å². The highest BCUT2D eigenvalue weighted by Gasteiger charge is 2.56. The zero-order valence-electron chi connectivity index (χ0n) is 17.3. The molecule has 3 aliphatic rings. The van der Waals surface area contributed by atoms with Gasteiger partial charge in [0.15, 0.2) is 6.29 Å². The average Bonchev–Trinajstić information content (AvgIpc) is 2.64. The Hall–Kier alpha value is -0.540. The third-order valence-electron chi connectivity index (χ3n) is 7.25. The monoisotopic (exact) mass is 400 g/mol. The van der Waals surface area contributed by atoms with Crippen LogP contribution in [-0.4, -0.2) is 74.6 Å². The second kappa shape index (κ2) is 7.95. The van der Waals surface area contributed by atoms with Gasteiger partial charge >= 0.3 is 0 Å². The van der Waals surface area contributed by atoms with Crippen molar-refractivity contribution < 1.29 is 35.0 Å². The molecule has 7 heteroatoms. The molecular weight excluding hydrogens is 364 g/mol. The van der Waals surface area contributed by atoms with Gasteiger partial charge in [-0.1, -0.05) is 32.4 Å². The fourth-order valence-corrected chi connectivity index (χ4v) is 5.26. The van der Waals surface area contributed by atoms with E-state index in [1.807, 2.05) is 6.92 Å². The fraction of sp³-hybridized carbons (Fsp3) is 0.905. The summed E-state index contributed by atoms with van der Waals surface area (Å²) in [5.41, 5.74) is 0.153. The molecule has 2 aliphatic carbocycles. The molecule has 0 unspecified atom stereocenters. The van der Waals surface area contributed by atoms with Crippen LogP contribution in [0, 0.1) is 17.3 Å². The summed E-state index contributed by atoms with van der Waals surface area (Å²) >= 11 is 0. The summed E-state index contributed by atoms with van der Waals surface area (Å²) in [5.74, 6) is 0.335. The molecule has 1 saturated heterocycles. The molecule has 0 aromatic heterocycles. The maximum absolute atomic E-state index is 11.1. The molecule has 0 radical (unpaired) electrons. The lowest BCUT2D eigenvalue weighted by Gasteiger charge is -2.56. The van der Waals surface area contributed by atoms with Gasteiger partial charge in [-0.15, -0.1) is 0 Å². The van der Waals surface area contributed by atoms with Gasteiger partial charge in [-0.3, -0.25) is 0 Å². The van der Waals surface area contributed by atoms with Gasteiger partial charge in [0.2, 0.25) is 0 Å². The Morgan fingerprint density at radius 3 is 2.43 bits per heavy atom. The lowest BCUT2D eigenvalue weighted by molar-refractivity contribution is -0.327. The van der Waals surface area contributed by atoms with Crippen LogP contribution in [0.2, 0.25) is 0 Å². The summed E-state index contributed by atoms with van der Waals surface area (Å²) < 4.78 is 11.7. The smallest absolute Gasteiger partial charge is 0.186 e. The summed E-state index contributed by atoms with van der Waals surface area (Å²) in [5, 5.41) is 50.9. The van der Waals surface area contributed by atoms with Crippen molar-refractivity contribution in [3.8, 4) is 0 Å². The van der Waals surface area contributed by atoms with E-state index in [4.69, 9.17) is 9.47 Å².